The predicted octanol–water partition coefficient (Wildman–Crippen LogP) is 4.10. The molecule has 1 aliphatic rings. The van der Waals surface area contributed by atoms with Crippen LogP contribution in [0.25, 0.3) is 16.6 Å². The second-order valence-electron chi connectivity index (χ2n) is 8.35. The van der Waals surface area contributed by atoms with Gasteiger partial charge in [0, 0.05) is 45.4 Å². The fraction of sp³-hybridized carbons (Fsp3) is 0.269. The molecule has 1 fully saturated rings. The van der Waals surface area contributed by atoms with Crippen molar-refractivity contribution < 1.29 is 9.13 Å². The minimum absolute atomic E-state index is 0.0519. The third kappa shape index (κ3) is 7.28. The van der Waals surface area contributed by atoms with Crippen molar-refractivity contribution in [1.29, 1.82) is 0 Å². The van der Waals surface area contributed by atoms with E-state index in [1.54, 1.807) is 36.7 Å². The largest absolute Gasteiger partial charge is 0.468 e. The third-order valence-electron chi connectivity index (χ3n) is 5.73. The normalized spacial score (nSPS) is 15.3. The Morgan fingerprint density at radius 1 is 1.27 bits per heavy atom. The van der Waals surface area contributed by atoms with Crippen LogP contribution in [0.3, 0.4) is 0 Å². The van der Waals surface area contributed by atoms with Crippen LogP contribution in [-0.4, -0.2) is 79.6 Å². The number of aromatic nitrogens is 2. The molecule has 0 spiro atoms. The van der Waals surface area contributed by atoms with Gasteiger partial charge in [0.05, 0.1) is 10.6 Å². The molecule has 4 rings (SSSR count). The summed E-state index contributed by atoms with van der Waals surface area (Å²) < 4.78 is 20.1. The number of amidine groups is 1. The van der Waals surface area contributed by atoms with Crippen molar-refractivity contribution in [3.8, 4) is 16.3 Å². The quantitative estimate of drug-likeness (QED) is 0.274. The number of nitrogens with zero attached hydrogens (tertiary/aromatic N) is 5. The molecule has 0 amide bonds. The molecule has 3 aromatic rings. The summed E-state index contributed by atoms with van der Waals surface area (Å²) in [6, 6.07) is 10.6. The highest BCUT2D eigenvalue weighted by atomic mass is 32.1. The van der Waals surface area contributed by atoms with Gasteiger partial charge in [-0.2, -0.15) is 5.10 Å². The maximum Gasteiger partial charge on any atom is 0.181 e. The molecule has 3 N–H and O–H groups in total. The van der Waals surface area contributed by atoms with E-state index in [0.717, 1.165) is 42.3 Å². The molecule has 0 aliphatic carbocycles. The molecule has 37 heavy (non-hydrogen) atoms. The number of thiophene rings is 1. The molecule has 0 unspecified atom stereocenters. The third-order valence-corrected chi connectivity index (χ3v) is 6.63. The van der Waals surface area contributed by atoms with Crippen LogP contribution in [0.2, 0.25) is 0 Å². The van der Waals surface area contributed by atoms with Gasteiger partial charge in [0.2, 0.25) is 0 Å². The number of halogens is 1. The predicted molar refractivity (Wildman–Crippen MR) is 150 cm³/mol. The molecule has 1 saturated heterocycles. The number of aromatic amines is 1. The van der Waals surface area contributed by atoms with Gasteiger partial charge in [0.15, 0.2) is 24.1 Å². The van der Waals surface area contributed by atoms with Gasteiger partial charge >= 0.3 is 0 Å². The molecule has 0 radical (unpaired) electrons. The van der Waals surface area contributed by atoms with Gasteiger partial charge in [-0.05, 0) is 55.2 Å². The van der Waals surface area contributed by atoms with Crippen LogP contribution >= 0.6 is 11.3 Å². The van der Waals surface area contributed by atoms with Gasteiger partial charge in [-0.1, -0.05) is 12.1 Å². The van der Waals surface area contributed by atoms with Gasteiger partial charge in [-0.25, -0.2) is 14.4 Å². The van der Waals surface area contributed by atoms with E-state index >= 15 is 0 Å². The standard InChI is InChI=1S/C26H31FN8OS/c1-28-9-8-19-6-7-20(27)22(15-19)36-18-30-26(35-12-10-34(3)11-13-35)17-24(29-2)31-25-16-21(32-33-25)23-5-4-14-37-23/h4-9,14-17,28H,2,10-13,18H2,1,3H3,(H2,31,32,33)/b9-8-,24-17+,30-26+. The second-order valence-corrected chi connectivity index (χ2v) is 9.30. The van der Waals surface area contributed by atoms with E-state index in [0.29, 0.717) is 17.5 Å². The van der Waals surface area contributed by atoms with Crippen LogP contribution in [0.15, 0.2) is 69.9 Å². The van der Waals surface area contributed by atoms with Crippen molar-refractivity contribution in [3.05, 3.63) is 71.3 Å². The summed E-state index contributed by atoms with van der Waals surface area (Å²) in [5.41, 5.74) is 1.73. The molecule has 3 heterocycles. The number of hydrogen-bond acceptors (Lipinski definition) is 8. The van der Waals surface area contributed by atoms with E-state index in [1.165, 1.54) is 6.07 Å². The molecular formula is C26H31FN8OS. The summed E-state index contributed by atoms with van der Waals surface area (Å²) in [6.45, 7) is 7.04. The average Bonchev–Trinajstić information content (AvgIpc) is 3.61. The number of ether oxygens (including phenoxy) is 1. The summed E-state index contributed by atoms with van der Waals surface area (Å²) in [7, 11) is 3.89. The lowest BCUT2D eigenvalue weighted by Gasteiger charge is -2.33. The van der Waals surface area contributed by atoms with Crippen LogP contribution < -0.4 is 15.4 Å². The molecule has 194 valence electrons. The van der Waals surface area contributed by atoms with Crippen molar-refractivity contribution >= 4 is 35.8 Å². The van der Waals surface area contributed by atoms with Crippen LogP contribution in [0.5, 0.6) is 5.75 Å². The van der Waals surface area contributed by atoms with E-state index in [-0.39, 0.29) is 12.5 Å². The number of piperazine rings is 1. The van der Waals surface area contributed by atoms with E-state index in [9.17, 15) is 4.39 Å². The zero-order valence-electron chi connectivity index (χ0n) is 20.9. The van der Waals surface area contributed by atoms with Crippen LogP contribution in [-0.2, 0) is 0 Å². The van der Waals surface area contributed by atoms with Crippen molar-refractivity contribution in [2.24, 2.45) is 9.98 Å². The first-order chi connectivity index (χ1) is 18.1. The maximum absolute atomic E-state index is 14.3. The topological polar surface area (TPSA) is 93.2 Å². The minimum Gasteiger partial charge on any atom is -0.468 e. The molecule has 0 atom stereocenters. The van der Waals surface area contributed by atoms with Crippen molar-refractivity contribution in [2.45, 2.75) is 0 Å². The lowest BCUT2D eigenvalue weighted by atomic mass is 10.2. The average molecular weight is 523 g/mol. The Morgan fingerprint density at radius 2 is 2.11 bits per heavy atom. The van der Waals surface area contributed by atoms with Gasteiger partial charge < -0.3 is 25.2 Å². The second kappa shape index (κ2) is 12.8. The Balaban J connectivity index is 1.52. The number of anilines is 1. The number of nitrogens with one attached hydrogen (secondary N) is 3. The highest BCUT2D eigenvalue weighted by molar-refractivity contribution is 7.13. The lowest BCUT2D eigenvalue weighted by molar-refractivity contribution is 0.214. The molecule has 1 aliphatic heterocycles. The first-order valence-corrected chi connectivity index (χ1v) is 12.7. The molecule has 0 saturated carbocycles. The summed E-state index contributed by atoms with van der Waals surface area (Å²) in [6.07, 6.45) is 5.41. The molecule has 1 aromatic carbocycles. The van der Waals surface area contributed by atoms with Gasteiger partial charge in [0.25, 0.3) is 0 Å². The molecule has 9 nitrogen and oxygen atoms in total. The molecule has 0 bridgehead atoms. The number of rotatable bonds is 10. The smallest absolute Gasteiger partial charge is 0.181 e. The summed E-state index contributed by atoms with van der Waals surface area (Å²) >= 11 is 1.63. The fourth-order valence-corrected chi connectivity index (χ4v) is 4.37. The number of H-pyrrole nitrogens is 1. The highest BCUT2D eigenvalue weighted by Gasteiger charge is 2.17. The first kappa shape index (κ1) is 26.1. The van der Waals surface area contributed by atoms with E-state index in [1.807, 2.05) is 35.7 Å². The van der Waals surface area contributed by atoms with Crippen molar-refractivity contribution in [3.63, 3.8) is 0 Å². The Labute approximate surface area is 220 Å². The zero-order valence-corrected chi connectivity index (χ0v) is 21.8. The zero-order chi connectivity index (χ0) is 26.0. The summed E-state index contributed by atoms with van der Waals surface area (Å²) in [4.78, 5) is 14.3. The Morgan fingerprint density at radius 3 is 2.84 bits per heavy atom. The Bertz CT molecular complexity index is 1260. The number of benzene rings is 1. The highest BCUT2D eigenvalue weighted by Crippen LogP contribution is 2.25. The van der Waals surface area contributed by atoms with Crippen molar-refractivity contribution in [1.82, 2.24) is 25.3 Å². The molecule has 11 heteroatoms. The molecular weight excluding hydrogens is 491 g/mol. The van der Waals surface area contributed by atoms with E-state index in [4.69, 9.17) is 4.74 Å². The number of likely N-dealkylation sites (N-methyl/N-ethyl adjacent to an activating group) is 1. The van der Waals surface area contributed by atoms with Crippen LogP contribution in [0.4, 0.5) is 10.2 Å². The Kier molecular flexibility index (Phi) is 9.06. The number of aliphatic imine (C=N–C) groups is 2. The lowest BCUT2D eigenvalue weighted by Crippen LogP contribution is -2.47. The van der Waals surface area contributed by atoms with Gasteiger partial charge in [-0.15, -0.1) is 11.3 Å². The maximum atomic E-state index is 14.3. The van der Waals surface area contributed by atoms with Gasteiger partial charge in [0.1, 0.15) is 11.7 Å². The van der Waals surface area contributed by atoms with Crippen LogP contribution in [0.1, 0.15) is 5.56 Å². The minimum atomic E-state index is -0.441. The molecule has 2 aromatic heterocycles. The van der Waals surface area contributed by atoms with E-state index < -0.39 is 5.82 Å². The summed E-state index contributed by atoms with van der Waals surface area (Å²) in [5.74, 6) is 1.48. The van der Waals surface area contributed by atoms with E-state index in [2.05, 4.69) is 54.4 Å². The number of hydrogen-bond donors (Lipinski definition) is 3. The monoisotopic (exact) mass is 522 g/mol. The SMILES string of the molecule is C=N/C(=C\C(=N/COc1cc(/C=C\NC)ccc1F)N1CCN(C)CC1)Nc1cc(-c2cccs2)[nH]n1. The summed E-state index contributed by atoms with van der Waals surface area (Å²) in [5, 5.41) is 15.5. The van der Waals surface area contributed by atoms with Crippen LogP contribution in [0, 0.1) is 5.82 Å². The first-order valence-electron chi connectivity index (χ1n) is 11.8. The van der Waals surface area contributed by atoms with Crippen molar-refractivity contribution in [2.75, 3.05) is 52.3 Å². The van der Waals surface area contributed by atoms with Gasteiger partial charge in [-0.3, -0.25) is 5.10 Å². The Hall–Kier alpha value is -3.96. The fourth-order valence-electron chi connectivity index (χ4n) is 3.67.